The summed E-state index contributed by atoms with van der Waals surface area (Å²) >= 11 is 1.37. The predicted molar refractivity (Wildman–Crippen MR) is 61.3 cm³/mol. The summed E-state index contributed by atoms with van der Waals surface area (Å²) in [4.78, 5) is 12.2. The van der Waals surface area contributed by atoms with Crippen molar-refractivity contribution in [2.24, 2.45) is 0 Å². The molecule has 80 valence electrons. The summed E-state index contributed by atoms with van der Waals surface area (Å²) < 4.78 is 5.05. The molecule has 1 aromatic heterocycles. The van der Waals surface area contributed by atoms with Crippen molar-refractivity contribution in [3.63, 3.8) is 0 Å². The molecule has 0 saturated heterocycles. The summed E-state index contributed by atoms with van der Waals surface area (Å²) in [6.07, 6.45) is 6.59. The first-order valence-corrected chi connectivity index (χ1v) is 5.50. The highest BCUT2D eigenvalue weighted by molar-refractivity contribution is 7.12. The molecule has 0 radical (unpaired) electrons. The van der Waals surface area contributed by atoms with Crippen LogP contribution in [0.2, 0.25) is 0 Å². The summed E-state index contributed by atoms with van der Waals surface area (Å²) in [5.41, 5.74) is 0. The quantitative estimate of drug-likeness (QED) is 0.611. The van der Waals surface area contributed by atoms with Gasteiger partial charge in [0.15, 0.2) is 0 Å². The third-order valence-electron chi connectivity index (χ3n) is 1.84. The van der Waals surface area contributed by atoms with Crippen molar-refractivity contribution >= 4 is 17.2 Å². The molecule has 1 rings (SSSR count). The molecule has 3 nitrogen and oxygen atoms in total. The van der Waals surface area contributed by atoms with Crippen molar-refractivity contribution < 1.29 is 9.53 Å². The Morgan fingerprint density at radius 2 is 2.53 bits per heavy atom. The normalized spacial score (nSPS) is 9.33. The van der Waals surface area contributed by atoms with Crippen molar-refractivity contribution in [2.45, 2.75) is 12.8 Å². The van der Waals surface area contributed by atoms with Crippen molar-refractivity contribution in [3.8, 4) is 18.1 Å². The van der Waals surface area contributed by atoms with Crippen molar-refractivity contribution in [2.75, 3.05) is 13.7 Å². The van der Waals surface area contributed by atoms with Gasteiger partial charge in [0, 0.05) is 13.0 Å². The van der Waals surface area contributed by atoms with Crippen LogP contribution in [0.4, 0.5) is 0 Å². The van der Waals surface area contributed by atoms with Gasteiger partial charge in [0.25, 0.3) is 5.91 Å². The molecule has 0 aliphatic carbocycles. The fourth-order valence-electron chi connectivity index (χ4n) is 1.10. The van der Waals surface area contributed by atoms with Gasteiger partial charge in [0.05, 0.1) is 7.11 Å². The van der Waals surface area contributed by atoms with Gasteiger partial charge in [0.2, 0.25) is 0 Å². The Kier molecular flexibility index (Phi) is 4.72. The Balaban J connectivity index is 2.44. The van der Waals surface area contributed by atoms with Gasteiger partial charge in [-0.15, -0.1) is 23.7 Å². The van der Waals surface area contributed by atoms with Crippen LogP contribution in [0, 0.1) is 12.3 Å². The number of ether oxygens (including phenoxy) is 1. The molecule has 1 aromatic rings. The number of thiophene rings is 1. The van der Waals surface area contributed by atoms with Gasteiger partial charge in [-0.1, -0.05) is 0 Å². The van der Waals surface area contributed by atoms with E-state index in [2.05, 4.69) is 11.2 Å². The van der Waals surface area contributed by atoms with E-state index in [9.17, 15) is 4.79 Å². The topological polar surface area (TPSA) is 38.3 Å². The van der Waals surface area contributed by atoms with Crippen LogP contribution in [0.15, 0.2) is 11.4 Å². The largest absolute Gasteiger partial charge is 0.495 e. The SMILES string of the molecule is C#CCCCNC(=O)c1sccc1OC. The monoisotopic (exact) mass is 223 g/mol. The van der Waals surface area contributed by atoms with Gasteiger partial charge in [-0.25, -0.2) is 0 Å². The van der Waals surface area contributed by atoms with E-state index in [0.29, 0.717) is 23.6 Å². The highest BCUT2D eigenvalue weighted by atomic mass is 32.1. The number of terminal acetylenes is 1. The van der Waals surface area contributed by atoms with E-state index in [1.54, 1.807) is 13.2 Å². The Hall–Kier alpha value is -1.47. The third kappa shape index (κ3) is 3.30. The number of hydrogen-bond donors (Lipinski definition) is 1. The van der Waals surface area contributed by atoms with Crippen molar-refractivity contribution in [1.82, 2.24) is 5.32 Å². The Morgan fingerprint density at radius 3 is 3.20 bits per heavy atom. The number of rotatable bonds is 5. The summed E-state index contributed by atoms with van der Waals surface area (Å²) in [6.45, 7) is 0.601. The second-order valence-electron chi connectivity index (χ2n) is 2.88. The van der Waals surface area contributed by atoms with E-state index >= 15 is 0 Å². The van der Waals surface area contributed by atoms with Gasteiger partial charge in [-0.05, 0) is 17.9 Å². The maximum atomic E-state index is 11.6. The Bertz CT molecular complexity index is 365. The molecule has 0 aromatic carbocycles. The molecular formula is C11H13NO2S. The first-order valence-electron chi connectivity index (χ1n) is 4.62. The van der Waals surface area contributed by atoms with Crippen LogP contribution in [0.3, 0.4) is 0 Å². The van der Waals surface area contributed by atoms with Gasteiger partial charge < -0.3 is 10.1 Å². The minimum Gasteiger partial charge on any atom is -0.495 e. The number of amides is 1. The lowest BCUT2D eigenvalue weighted by Gasteiger charge is -2.03. The zero-order chi connectivity index (χ0) is 11.1. The molecule has 0 fully saturated rings. The second-order valence-corrected chi connectivity index (χ2v) is 3.80. The zero-order valence-corrected chi connectivity index (χ0v) is 9.39. The Labute approximate surface area is 93.5 Å². The van der Waals surface area contributed by atoms with Crippen LogP contribution in [0.5, 0.6) is 5.75 Å². The predicted octanol–water partition coefficient (Wildman–Crippen LogP) is 1.90. The molecule has 0 atom stereocenters. The number of nitrogens with one attached hydrogen (secondary N) is 1. The average molecular weight is 223 g/mol. The third-order valence-corrected chi connectivity index (χ3v) is 2.73. The average Bonchev–Trinajstić information content (AvgIpc) is 2.72. The van der Waals surface area contributed by atoms with Gasteiger partial charge in [-0.3, -0.25) is 4.79 Å². The van der Waals surface area contributed by atoms with Crippen LogP contribution in [0.25, 0.3) is 0 Å². The molecule has 4 heteroatoms. The molecular weight excluding hydrogens is 210 g/mol. The molecule has 0 aliphatic rings. The van der Waals surface area contributed by atoms with Gasteiger partial charge >= 0.3 is 0 Å². The summed E-state index contributed by atoms with van der Waals surface area (Å²) in [5, 5.41) is 4.62. The number of carbonyl (C=O) groups is 1. The smallest absolute Gasteiger partial charge is 0.265 e. The van der Waals surface area contributed by atoms with E-state index in [1.165, 1.54) is 11.3 Å². The maximum absolute atomic E-state index is 11.6. The maximum Gasteiger partial charge on any atom is 0.265 e. The van der Waals surface area contributed by atoms with Crippen LogP contribution >= 0.6 is 11.3 Å². The fraction of sp³-hybridized carbons (Fsp3) is 0.364. The molecule has 15 heavy (non-hydrogen) atoms. The number of carbonyl (C=O) groups excluding carboxylic acids is 1. The van der Waals surface area contributed by atoms with Gasteiger partial charge in [0.1, 0.15) is 10.6 Å². The molecule has 0 unspecified atom stereocenters. The van der Waals surface area contributed by atoms with E-state index in [1.807, 2.05) is 5.38 Å². The van der Waals surface area contributed by atoms with E-state index < -0.39 is 0 Å². The molecule has 0 spiro atoms. The molecule has 1 heterocycles. The van der Waals surface area contributed by atoms with Gasteiger partial charge in [-0.2, -0.15) is 0 Å². The lowest BCUT2D eigenvalue weighted by molar-refractivity contribution is 0.0954. The Morgan fingerprint density at radius 1 is 1.73 bits per heavy atom. The molecule has 0 aliphatic heterocycles. The summed E-state index contributed by atoms with van der Waals surface area (Å²) in [6, 6.07) is 1.78. The summed E-state index contributed by atoms with van der Waals surface area (Å²) in [7, 11) is 1.55. The van der Waals surface area contributed by atoms with Crippen LogP contribution in [-0.2, 0) is 0 Å². The summed E-state index contributed by atoms with van der Waals surface area (Å²) in [5.74, 6) is 3.05. The van der Waals surface area contributed by atoms with E-state index in [4.69, 9.17) is 11.2 Å². The highest BCUT2D eigenvalue weighted by Crippen LogP contribution is 2.23. The molecule has 0 saturated carbocycles. The van der Waals surface area contributed by atoms with Crippen LogP contribution < -0.4 is 10.1 Å². The van der Waals surface area contributed by atoms with Crippen LogP contribution in [-0.4, -0.2) is 19.6 Å². The number of methoxy groups -OCH3 is 1. The molecule has 0 bridgehead atoms. The zero-order valence-electron chi connectivity index (χ0n) is 8.58. The molecule has 1 amide bonds. The number of hydrogen-bond acceptors (Lipinski definition) is 3. The first-order chi connectivity index (χ1) is 7.29. The lowest BCUT2D eigenvalue weighted by Crippen LogP contribution is -2.23. The minimum absolute atomic E-state index is 0.0983. The highest BCUT2D eigenvalue weighted by Gasteiger charge is 2.12. The van der Waals surface area contributed by atoms with E-state index in [-0.39, 0.29) is 5.91 Å². The lowest BCUT2D eigenvalue weighted by atomic mass is 10.3. The van der Waals surface area contributed by atoms with Crippen molar-refractivity contribution in [3.05, 3.63) is 16.3 Å². The first kappa shape index (κ1) is 11.6. The second kappa shape index (κ2) is 6.10. The van der Waals surface area contributed by atoms with Crippen molar-refractivity contribution in [1.29, 1.82) is 0 Å². The van der Waals surface area contributed by atoms with E-state index in [0.717, 1.165) is 6.42 Å². The fourth-order valence-corrected chi connectivity index (χ4v) is 1.87. The van der Waals surface area contributed by atoms with Crippen LogP contribution in [0.1, 0.15) is 22.5 Å². The number of unbranched alkanes of at least 4 members (excludes halogenated alkanes) is 1. The standard InChI is InChI=1S/C11H13NO2S/c1-3-4-5-7-12-11(13)10-9(14-2)6-8-15-10/h1,6,8H,4-5,7H2,2H3,(H,12,13). The minimum atomic E-state index is -0.0983. The molecule has 1 N–H and O–H groups in total.